The van der Waals surface area contributed by atoms with E-state index in [1.807, 2.05) is 41.8 Å². The van der Waals surface area contributed by atoms with E-state index in [2.05, 4.69) is 27.8 Å². The molecule has 2 amide bonds. The van der Waals surface area contributed by atoms with E-state index in [4.69, 9.17) is 0 Å². The molecule has 0 fully saturated rings. The van der Waals surface area contributed by atoms with Crippen LogP contribution in [-0.4, -0.2) is 23.3 Å². The zero-order valence-corrected chi connectivity index (χ0v) is 14.5. The average molecular weight is 389 g/mol. The molecule has 0 unspecified atom stereocenters. The number of carbonyl (C=O) groups is 2. The SMILES string of the molecule is C=CCN1C(=O)C(Nc2cccc(Br)c2)=C(c2cccs2)C1=O. The lowest BCUT2D eigenvalue weighted by Gasteiger charge is -2.12. The van der Waals surface area contributed by atoms with Crippen LogP contribution in [-0.2, 0) is 9.59 Å². The summed E-state index contributed by atoms with van der Waals surface area (Å²) < 4.78 is 0.889. The first-order valence-electron chi connectivity index (χ1n) is 6.89. The van der Waals surface area contributed by atoms with Gasteiger partial charge in [0, 0.05) is 21.6 Å². The van der Waals surface area contributed by atoms with Crippen molar-refractivity contribution in [3.05, 3.63) is 69.5 Å². The van der Waals surface area contributed by atoms with Crippen molar-refractivity contribution in [3.8, 4) is 0 Å². The molecule has 0 saturated carbocycles. The van der Waals surface area contributed by atoms with Gasteiger partial charge in [-0.1, -0.05) is 34.1 Å². The highest BCUT2D eigenvalue weighted by atomic mass is 79.9. The monoisotopic (exact) mass is 388 g/mol. The molecule has 2 aromatic rings. The molecule has 1 N–H and O–H groups in total. The molecule has 4 nitrogen and oxygen atoms in total. The summed E-state index contributed by atoms with van der Waals surface area (Å²) in [6.07, 6.45) is 1.55. The Morgan fingerprint density at radius 1 is 1.22 bits per heavy atom. The molecule has 0 saturated heterocycles. The van der Waals surface area contributed by atoms with Crippen LogP contribution in [0.2, 0.25) is 0 Å². The van der Waals surface area contributed by atoms with Crippen molar-refractivity contribution < 1.29 is 9.59 Å². The van der Waals surface area contributed by atoms with Gasteiger partial charge in [0.15, 0.2) is 0 Å². The highest BCUT2D eigenvalue weighted by Crippen LogP contribution is 2.33. The minimum atomic E-state index is -0.335. The second-order valence-corrected chi connectivity index (χ2v) is 6.74. The number of rotatable bonds is 5. The molecule has 0 atom stereocenters. The number of anilines is 1. The molecule has 116 valence electrons. The van der Waals surface area contributed by atoms with Gasteiger partial charge < -0.3 is 5.32 Å². The van der Waals surface area contributed by atoms with Gasteiger partial charge in [-0.3, -0.25) is 14.5 Å². The second-order valence-electron chi connectivity index (χ2n) is 4.87. The van der Waals surface area contributed by atoms with Gasteiger partial charge in [0.1, 0.15) is 5.70 Å². The van der Waals surface area contributed by atoms with Crippen molar-refractivity contribution in [1.29, 1.82) is 0 Å². The van der Waals surface area contributed by atoms with Crippen molar-refractivity contribution >= 4 is 50.3 Å². The number of halogens is 1. The van der Waals surface area contributed by atoms with Crippen molar-refractivity contribution in [2.45, 2.75) is 0 Å². The van der Waals surface area contributed by atoms with Crippen LogP contribution < -0.4 is 5.32 Å². The van der Waals surface area contributed by atoms with Gasteiger partial charge in [-0.15, -0.1) is 17.9 Å². The molecule has 2 heterocycles. The molecule has 0 bridgehead atoms. The van der Waals surface area contributed by atoms with E-state index in [0.29, 0.717) is 11.3 Å². The Kier molecular flexibility index (Phi) is 4.45. The highest BCUT2D eigenvalue weighted by Gasteiger charge is 2.38. The first kappa shape index (κ1) is 15.7. The number of imide groups is 1. The van der Waals surface area contributed by atoms with Gasteiger partial charge in [-0.25, -0.2) is 0 Å². The zero-order valence-electron chi connectivity index (χ0n) is 12.1. The van der Waals surface area contributed by atoms with E-state index in [1.54, 1.807) is 6.08 Å². The van der Waals surface area contributed by atoms with Gasteiger partial charge in [0.2, 0.25) is 0 Å². The topological polar surface area (TPSA) is 49.4 Å². The molecule has 1 aromatic carbocycles. The van der Waals surface area contributed by atoms with Crippen LogP contribution in [0.15, 0.2) is 64.6 Å². The Bertz CT molecular complexity index is 812. The molecule has 1 aromatic heterocycles. The Labute approximate surface area is 146 Å². The average Bonchev–Trinajstić information content (AvgIpc) is 3.11. The standard InChI is InChI=1S/C17H13BrN2O2S/c1-2-8-20-16(21)14(13-7-4-9-23-13)15(17(20)22)19-12-6-3-5-11(18)10-12/h2-7,9-10,19H,1,8H2. The van der Waals surface area contributed by atoms with Gasteiger partial charge in [0.05, 0.1) is 5.57 Å². The summed E-state index contributed by atoms with van der Waals surface area (Å²) in [6, 6.07) is 11.2. The van der Waals surface area contributed by atoms with E-state index >= 15 is 0 Å². The maximum Gasteiger partial charge on any atom is 0.278 e. The number of carbonyl (C=O) groups excluding carboxylic acids is 2. The van der Waals surface area contributed by atoms with E-state index in [9.17, 15) is 9.59 Å². The Morgan fingerprint density at radius 2 is 2.04 bits per heavy atom. The Balaban J connectivity index is 2.05. The van der Waals surface area contributed by atoms with Crippen LogP contribution in [0, 0.1) is 0 Å². The Hall–Kier alpha value is -2.18. The summed E-state index contributed by atoms with van der Waals surface area (Å²) in [4.78, 5) is 27.2. The molecular formula is C17H13BrN2O2S. The maximum absolute atomic E-state index is 12.6. The lowest BCUT2D eigenvalue weighted by Crippen LogP contribution is -2.32. The zero-order chi connectivity index (χ0) is 16.4. The first-order chi connectivity index (χ1) is 11.1. The molecule has 0 aliphatic carbocycles. The number of hydrogen-bond donors (Lipinski definition) is 1. The minimum Gasteiger partial charge on any atom is -0.350 e. The number of nitrogens with one attached hydrogen (secondary N) is 1. The van der Waals surface area contributed by atoms with Gasteiger partial charge in [-0.2, -0.15) is 0 Å². The van der Waals surface area contributed by atoms with Gasteiger partial charge >= 0.3 is 0 Å². The van der Waals surface area contributed by atoms with Crippen LogP contribution in [0.25, 0.3) is 5.57 Å². The summed E-state index contributed by atoms with van der Waals surface area (Å²) in [6.45, 7) is 3.80. The third kappa shape index (κ3) is 3.00. The first-order valence-corrected chi connectivity index (χ1v) is 8.57. The van der Waals surface area contributed by atoms with Crippen LogP contribution in [0.4, 0.5) is 5.69 Å². The molecule has 0 spiro atoms. The lowest BCUT2D eigenvalue weighted by molar-refractivity contribution is -0.136. The van der Waals surface area contributed by atoms with Gasteiger partial charge in [0.25, 0.3) is 11.8 Å². The van der Waals surface area contributed by atoms with Crippen molar-refractivity contribution in [1.82, 2.24) is 4.90 Å². The highest BCUT2D eigenvalue weighted by molar-refractivity contribution is 9.10. The minimum absolute atomic E-state index is 0.191. The van der Waals surface area contributed by atoms with E-state index in [0.717, 1.165) is 15.0 Å². The summed E-state index contributed by atoms with van der Waals surface area (Å²) in [5.41, 5.74) is 1.45. The fourth-order valence-corrected chi connectivity index (χ4v) is 3.51. The fraction of sp³-hybridized carbons (Fsp3) is 0.0588. The van der Waals surface area contributed by atoms with Crippen LogP contribution >= 0.6 is 27.3 Å². The van der Waals surface area contributed by atoms with E-state index in [-0.39, 0.29) is 18.4 Å². The number of thiophene rings is 1. The van der Waals surface area contributed by atoms with Crippen LogP contribution in [0.5, 0.6) is 0 Å². The van der Waals surface area contributed by atoms with E-state index in [1.165, 1.54) is 16.2 Å². The number of nitrogens with zero attached hydrogens (tertiary/aromatic N) is 1. The van der Waals surface area contributed by atoms with Crippen LogP contribution in [0.1, 0.15) is 4.88 Å². The number of benzene rings is 1. The normalized spacial score (nSPS) is 14.6. The molecule has 6 heteroatoms. The van der Waals surface area contributed by atoms with Crippen molar-refractivity contribution in [2.75, 3.05) is 11.9 Å². The Morgan fingerprint density at radius 3 is 2.70 bits per heavy atom. The maximum atomic E-state index is 12.6. The molecule has 1 aliphatic heterocycles. The molecule has 3 rings (SSSR count). The number of hydrogen-bond acceptors (Lipinski definition) is 4. The summed E-state index contributed by atoms with van der Waals surface area (Å²) in [7, 11) is 0. The largest absolute Gasteiger partial charge is 0.350 e. The molecule has 0 radical (unpaired) electrons. The molecular weight excluding hydrogens is 376 g/mol. The summed E-state index contributed by atoms with van der Waals surface area (Å²) >= 11 is 4.83. The third-order valence-corrected chi connectivity index (χ3v) is 4.72. The van der Waals surface area contributed by atoms with E-state index < -0.39 is 0 Å². The molecule has 1 aliphatic rings. The third-order valence-electron chi connectivity index (χ3n) is 3.34. The lowest BCUT2D eigenvalue weighted by atomic mass is 10.2. The second kappa shape index (κ2) is 6.52. The van der Waals surface area contributed by atoms with Crippen LogP contribution in [0.3, 0.4) is 0 Å². The van der Waals surface area contributed by atoms with Crippen molar-refractivity contribution in [3.63, 3.8) is 0 Å². The molecule has 23 heavy (non-hydrogen) atoms. The smallest absolute Gasteiger partial charge is 0.278 e. The van der Waals surface area contributed by atoms with Gasteiger partial charge in [-0.05, 0) is 29.6 Å². The quantitative estimate of drug-likeness (QED) is 0.624. The fourth-order valence-electron chi connectivity index (χ4n) is 2.35. The van der Waals surface area contributed by atoms with Crippen molar-refractivity contribution in [2.24, 2.45) is 0 Å². The summed E-state index contributed by atoms with van der Waals surface area (Å²) in [5.74, 6) is -0.631. The number of amides is 2. The predicted molar refractivity (Wildman–Crippen MR) is 95.9 cm³/mol. The summed E-state index contributed by atoms with van der Waals surface area (Å²) in [5, 5.41) is 4.98. The predicted octanol–water partition coefficient (Wildman–Crippen LogP) is 3.89.